The number of rotatable bonds is 0. The van der Waals surface area contributed by atoms with Crippen molar-refractivity contribution in [3.8, 4) is 0 Å². The first kappa shape index (κ1) is 11.0. The second kappa shape index (κ2) is 3.70. The summed E-state index contributed by atoms with van der Waals surface area (Å²) in [4.78, 5) is 0. The fourth-order valence-corrected chi connectivity index (χ4v) is 3.19. The van der Waals surface area contributed by atoms with Crippen molar-refractivity contribution in [2.45, 2.75) is 0 Å². The van der Waals surface area contributed by atoms with Gasteiger partial charge in [-0.2, -0.15) is 0 Å². The molecule has 0 unspecified atom stereocenters. The molecule has 2 aromatic heterocycles. The van der Waals surface area contributed by atoms with E-state index >= 15 is 0 Å². The number of fused-ring (bicyclic) bond motifs is 7. The Kier molecular flexibility index (Phi) is 1.94. The van der Waals surface area contributed by atoms with Crippen LogP contribution in [-0.4, -0.2) is 7.85 Å². The van der Waals surface area contributed by atoms with Crippen LogP contribution < -0.4 is 5.46 Å². The topological polar surface area (TPSA) is 26.3 Å². The van der Waals surface area contributed by atoms with Crippen molar-refractivity contribution in [3.05, 3.63) is 54.6 Å². The lowest BCUT2D eigenvalue weighted by Gasteiger charge is -1.94. The van der Waals surface area contributed by atoms with Crippen molar-refractivity contribution in [2.75, 3.05) is 0 Å². The van der Waals surface area contributed by atoms with Gasteiger partial charge in [-0.25, -0.2) is 0 Å². The normalized spacial score (nSPS) is 12.0. The summed E-state index contributed by atoms with van der Waals surface area (Å²) in [6, 6.07) is 18.5. The van der Waals surface area contributed by atoms with E-state index in [0.717, 1.165) is 43.9 Å². The van der Waals surface area contributed by atoms with E-state index in [4.69, 9.17) is 8.83 Å². The molecule has 0 fully saturated rings. The quantitative estimate of drug-likeness (QED) is 0.401. The Morgan fingerprint density at radius 3 is 2.10 bits per heavy atom. The summed E-state index contributed by atoms with van der Waals surface area (Å²) in [5, 5.41) is 4.58. The van der Waals surface area contributed by atoms with Gasteiger partial charge in [-0.3, -0.25) is 0 Å². The largest absolute Gasteiger partial charge is 0.456 e. The standard InChI is InChI=1S/C18H11BO2/c19-10-5-6-12-16(9-10)21-15-8-7-14-17(18(12)15)11-3-1-2-4-13(11)20-14/h1-9H,19H2. The van der Waals surface area contributed by atoms with E-state index in [2.05, 4.69) is 32.1 Å². The minimum Gasteiger partial charge on any atom is -0.456 e. The van der Waals surface area contributed by atoms with Gasteiger partial charge >= 0.3 is 0 Å². The average molecular weight is 270 g/mol. The summed E-state index contributed by atoms with van der Waals surface area (Å²) in [6.45, 7) is 0. The molecule has 2 heterocycles. The highest BCUT2D eigenvalue weighted by atomic mass is 16.3. The van der Waals surface area contributed by atoms with Gasteiger partial charge in [0.25, 0.3) is 0 Å². The molecule has 0 amide bonds. The van der Waals surface area contributed by atoms with E-state index in [0.29, 0.717) is 0 Å². The van der Waals surface area contributed by atoms with Crippen molar-refractivity contribution < 1.29 is 8.83 Å². The highest BCUT2D eigenvalue weighted by Crippen LogP contribution is 2.39. The van der Waals surface area contributed by atoms with E-state index in [9.17, 15) is 0 Å². The molecule has 0 aliphatic heterocycles. The van der Waals surface area contributed by atoms with Gasteiger partial charge < -0.3 is 8.83 Å². The van der Waals surface area contributed by atoms with E-state index in [1.807, 2.05) is 30.3 Å². The highest BCUT2D eigenvalue weighted by molar-refractivity contribution is 6.34. The molecule has 0 aliphatic rings. The van der Waals surface area contributed by atoms with E-state index in [-0.39, 0.29) is 0 Å². The SMILES string of the molecule is Bc1ccc2c(c1)oc1ccc3oc4ccccc4c3c12. The molecule has 3 heteroatoms. The van der Waals surface area contributed by atoms with Crippen LogP contribution >= 0.6 is 0 Å². The molecule has 98 valence electrons. The van der Waals surface area contributed by atoms with Crippen LogP contribution in [0.2, 0.25) is 0 Å². The number of para-hydroxylation sites is 1. The van der Waals surface area contributed by atoms with Crippen LogP contribution in [0.15, 0.2) is 63.4 Å². The maximum absolute atomic E-state index is 6.02. The zero-order valence-electron chi connectivity index (χ0n) is 11.5. The molecule has 3 aromatic carbocycles. The summed E-state index contributed by atoms with van der Waals surface area (Å²) in [6.07, 6.45) is 0. The van der Waals surface area contributed by atoms with Crippen molar-refractivity contribution in [2.24, 2.45) is 0 Å². The molecule has 21 heavy (non-hydrogen) atoms. The lowest BCUT2D eigenvalue weighted by molar-refractivity contribution is 0.663. The number of hydrogen-bond acceptors (Lipinski definition) is 2. The summed E-state index contributed by atoms with van der Waals surface area (Å²) < 4.78 is 12.0. The molecule has 0 radical (unpaired) electrons. The summed E-state index contributed by atoms with van der Waals surface area (Å²) in [5.74, 6) is 0. The van der Waals surface area contributed by atoms with Crippen LogP contribution in [0, 0.1) is 0 Å². The zero-order valence-corrected chi connectivity index (χ0v) is 11.5. The molecular weight excluding hydrogens is 259 g/mol. The number of furan rings is 2. The van der Waals surface area contributed by atoms with Gasteiger partial charge in [0.2, 0.25) is 0 Å². The number of hydrogen-bond donors (Lipinski definition) is 0. The lowest BCUT2D eigenvalue weighted by atomic mass is 9.95. The van der Waals surface area contributed by atoms with Crippen LogP contribution in [-0.2, 0) is 0 Å². The maximum atomic E-state index is 6.02. The third-order valence-electron chi connectivity index (χ3n) is 4.13. The first-order chi connectivity index (χ1) is 10.3. The van der Waals surface area contributed by atoms with Gasteiger partial charge in [0.05, 0.1) is 0 Å². The molecular formula is C18H11BO2. The molecule has 0 saturated heterocycles. The Hall–Kier alpha value is -2.68. The molecule has 2 nitrogen and oxygen atoms in total. The van der Waals surface area contributed by atoms with Crippen LogP contribution in [0.4, 0.5) is 0 Å². The molecule has 0 N–H and O–H groups in total. The summed E-state index contributed by atoms with van der Waals surface area (Å²) in [7, 11) is 2.08. The third-order valence-corrected chi connectivity index (χ3v) is 4.13. The van der Waals surface area contributed by atoms with Gasteiger partial charge in [0.1, 0.15) is 30.2 Å². The Labute approximate surface area is 121 Å². The van der Waals surface area contributed by atoms with Crippen molar-refractivity contribution in [1.29, 1.82) is 0 Å². The second-order valence-corrected chi connectivity index (χ2v) is 5.51. The second-order valence-electron chi connectivity index (χ2n) is 5.51. The average Bonchev–Trinajstić information content (AvgIpc) is 3.03. The monoisotopic (exact) mass is 270 g/mol. The Balaban J connectivity index is 2.14. The maximum Gasteiger partial charge on any atom is 0.139 e. The number of benzene rings is 3. The predicted molar refractivity (Wildman–Crippen MR) is 89.2 cm³/mol. The van der Waals surface area contributed by atoms with Gasteiger partial charge in [0.15, 0.2) is 0 Å². The van der Waals surface area contributed by atoms with E-state index in [1.54, 1.807) is 0 Å². The van der Waals surface area contributed by atoms with Gasteiger partial charge in [-0.1, -0.05) is 35.8 Å². The Bertz CT molecular complexity index is 1150. The molecule has 5 rings (SSSR count). The fraction of sp³-hybridized carbons (Fsp3) is 0. The van der Waals surface area contributed by atoms with Crippen LogP contribution in [0.3, 0.4) is 0 Å². The molecule has 0 aliphatic carbocycles. The van der Waals surface area contributed by atoms with Crippen LogP contribution in [0.1, 0.15) is 0 Å². The van der Waals surface area contributed by atoms with Crippen LogP contribution in [0.5, 0.6) is 0 Å². The van der Waals surface area contributed by atoms with Crippen molar-refractivity contribution in [3.63, 3.8) is 0 Å². The van der Waals surface area contributed by atoms with Gasteiger partial charge in [-0.15, -0.1) is 0 Å². The molecule has 0 bridgehead atoms. The minimum atomic E-state index is 0.909. The molecule has 5 aromatic rings. The molecule has 0 spiro atoms. The van der Waals surface area contributed by atoms with Crippen molar-refractivity contribution in [1.82, 2.24) is 0 Å². The van der Waals surface area contributed by atoms with Crippen molar-refractivity contribution >= 4 is 57.2 Å². The van der Waals surface area contributed by atoms with Crippen LogP contribution in [0.25, 0.3) is 43.9 Å². The lowest BCUT2D eigenvalue weighted by Crippen LogP contribution is -1.98. The minimum absolute atomic E-state index is 0.909. The summed E-state index contributed by atoms with van der Waals surface area (Å²) >= 11 is 0. The fourth-order valence-electron chi connectivity index (χ4n) is 3.19. The highest BCUT2D eigenvalue weighted by Gasteiger charge is 2.15. The smallest absolute Gasteiger partial charge is 0.139 e. The Morgan fingerprint density at radius 2 is 1.29 bits per heavy atom. The van der Waals surface area contributed by atoms with E-state index < -0.39 is 0 Å². The summed E-state index contributed by atoms with van der Waals surface area (Å²) in [5.41, 5.74) is 4.88. The zero-order chi connectivity index (χ0) is 14.0. The van der Waals surface area contributed by atoms with Gasteiger partial charge in [0, 0.05) is 21.5 Å². The molecule has 0 saturated carbocycles. The predicted octanol–water partition coefficient (Wildman–Crippen LogP) is 3.74. The Morgan fingerprint density at radius 1 is 0.619 bits per heavy atom. The third kappa shape index (κ3) is 1.38. The first-order valence-corrected chi connectivity index (χ1v) is 7.04. The van der Waals surface area contributed by atoms with Gasteiger partial charge in [-0.05, 0) is 24.3 Å². The first-order valence-electron chi connectivity index (χ1n) is 7.04. The molecule has 0 atom stereocenters. The van der Waals surface area contributed by atoms with E-state index in [1.165, 1.54) is 5.46 Å².